The second-order valence-electron chi connectivity index (χ2n) is 3.25. The lowest BCUT2D eigenvalue weighted by atomic mass is 9.81. The van der Waals surface area contributed by atoms with Crippen LogP contribution in [0.3, 0.4) is 0 Å². The Hall–Kier alpha value is -1.85. The number of hydrogen-bond acceptors (Lipinski definition) is 3. The molecule has 3 N–H and O–H groups in total. The van der Waals surface area contributed by atoms with E-state index in [2.05, 4.69) is 9.97 Å². The molecule has 0 bridgehead atoms. The van der Waals surface area contributed by atoms with Crippen molar-refractivity contribution in [1.82, 2.24) is 9.97 Å². The van der Waals surface area contributed by atoms with Crippen LogP contribution < -0.4 is 0 Å². The summed E-state index contributed by atoms with van der Waals surface area (Å²) in [5.74, 6) is -2.15. The van der Waals surface area contributed by atoms with Crippen molar-refractivity contribution < 1.29 is 19.8 Å². The molecule has 0 aliphatic carbocycles. The Bertz CT molecular complexity index is 360. The van der Waals surface area contributed by atoms with Gasteiger partial charge >= 0.3 is 11.9 Å². The summed E-state index contributed by atoms with van der Waals surface area (Å²) in [5.41, 5.74) is -1.46. The number of carbonyl (C=O) groups is 2. The van der Waals surface area contributed by atoms with E-state index in [0.29, 0.717) is 0 Å². The number of carboxylic acid groups (broad SMARTS) is 2. The summed E-state index contributed by atoms with van der Waals surface area (Å²) in [5, 5.41) is 17.8. The fraction of sp³-hybridized carbons (Fsp3) is 0.444. The van der Waals surface area contributed by atoms with Gasteiger partial charge in [-0.1, -0.05) is 6.92 Å². The van der Waals surface area contributed by atoms with Crippen LogP contribution in [0.1, 0.15) is 25.6 Å². The molecule has 0 aliphatic heterocycles. The smallest absolute Gasteiger partial charge is 0.317 e. The number of aromatic nitrogens is 2. The van der Waals surface area contributed by atoms with Gasteiger partial charge in [0.05, 0.1) is 6.42 Å². The lowest BCUT2D eigenvalue weighted by Crippen LogP contribution is -2.38. The van der Waals surface area contributed by atoms with Crippen molar-refractivity contribution in [3.8, 4) is 0 Å². The van der Waals surface area contributed by atoms with Crippen LogP contribution in [0.4, 0.5) is 0 Å². The molecular formula is C9H12N2O4. The average Bonchev–Trinajstić information content (AvgIpc) is 2.66. The Morgan fingerprint density at radius 2 is 2.20 bits per heavy atom. The number of nitrogens with one attached hydrogen (secondary N) is 1. The predicted octanol–water partition coefficient (Wildman–Crippen LogP) is 0.617. The fourth-order valence-corrected chi connectivity index (χ4v) is 1.49. The predicted molar refractivity (Wildman–Crippen MR) is 50.4 cm³/mol. The van der Waals surface area contributed by atoms with E-state index in [9.17, 15) is 9.59 Å². The van der Waals surface area contributed by atoms with Crippen LogP contribution in [0.2, 0.25) is 0 Å². The molecule has 0 radical (unpaired) electrons. The van der Waals surface area contributed by atoms with E-state index in [0.717, 1.165) is 0 Å². The third-order valence-electron chi connectivity index (χ3n) is 2.42. The minimum absolute atomic E-state index is 0.169. The van der Waals surface area contributed by atoms with Gasteiger partial charge in [0.1, 0.15) is 11.2 Å². The Kier molecular flexibility index (Phi) is 3.08. The van der Waals surface area contributed by atoms with Gasteiger partial charge in [-0.15, -0.1) is 0 Å². The Morgan fingerprint density at radius 3 is 2.53 bits per heavy atom. The summed E-state index contributed by atoms with van der Waals surface area (Å²) < 4.78 is 0. The number of aliphatic carboxylic acids is 2. The standard InChI is InChI=1S/C9H12N2O4/c1-2-9(8(14)15,5-6(12)13)7-10-3-4-11-7/h3-4H,2,5H2,1H3,(H,10,11)(H,12,13)(H,14,15). The van der Waals surface area contributed by atoms with Gasteiger partial charge in [0.25, 0.3) is 0 Å². The average molecular weight is 212 g/mol. The van der Waals surface area contributed by atoms with Crippen molar-refractivity contribution >= 4 is 11.9 Å². The second-order valence-corrected chi connectivity index (χ2v) is 3.25. The highest BCUT2D eigenvalue weighted by Gasteiger charge is 2.43. The first kappa shape index (κ1) is 11.2. The molecule has 1 unspecified atom stereocenters. The van der Waals surface area contributed by atoms with Gasteiger partial charge in [0.15, 0.2) is 0 Å². The van der Waals surface area contributed by atoms with Crippen LogP contribution in [0.25, 0.3) is 0 Å². The molecule has 1 aromatic heterocycles. The Labute approximate surface area is 86.0 Å². The lowest BCUT2D eigenvalue weighted by molar-refractivity contribution is -0.151. The summed E-state index contributed by atoms with van der Waals surface area (Å²) in [7, 11) is 0. The van der Waals surface area contributed by atoms with E-state index in [1.165, 1.54) is 12.4 Å². The van der Waals surface area contributed by atoms with Crippen molar-refractivity contribution in [3.63, 3.8) is 0 Å². The van der Waals surface area contributed by atoms with E-state index in [1.54, 1.807) is 6.92 Å². The maximum absolute atomic E-state index is 11.2. The molecule has 6 nitrogen and oxygen atoms in total. The molecule has 1 atom stereocenters. The van der Waals surface area contributed by atoms with Gasteiger partial charge in [-0.2, -0.15) is 0 Å². The van der Waals surface area contributed by atoms with E-state index < -0.39 is 23.8 Å². The van der Waals surface area contributed by atoms with Gasteiger partial charge in [-0.3, -0.25) is 9.59 Å². The zero-order valence-electron chi connectivity index (χ0n) is 8.23. The molecule has 1 aromatic rings. The van der Waals surface area contributed by atoms with Crippen molar-refractivity contribution in [2.75, 3.05) is 0 Å². The normalized spacial score (nSPS) is 14.5. The van der Waals surface area contributed by atoms with Crippen molar-refractivity contribution in [1.29, 1.82) is 0 Å². The first-order valence-corrected chi connectivity index (χ1v) is 4.48. The number of nitrogens with zero attached hydrogens (tertiary/aromatic N) is 1. The van der Waals surface area contributed by atoms with Gasteiger partial charge in [-0.25, -0.2) is 4.98 Å². The highest BCUT2D eigenvalue weighted by Crippen LogP contribution is 2.29. The van der Waals surface area contributed by atoms with Crippen LogP contribution in [0.15, 0.2) is 12.4 Å². The Balaban J connectivity index is 3.15. The molecule has 82 valence electrons. The topological polar surface area (TPSA) is 103 Å². The first-order chi connectivity index (χ1) is 7.03. The summed E-state index contributed by atoms with van der Waals surface area (Å²) in [6.07, 6.45) is 2.57. The first-order valence-electron chi connectivity index (χ1n) is 4.48. The number of carboxylic acids is 2. The van der Waals surface area contributed by atoms with Gasteiger partial charge < -0.3 is 15.2 Å². The maximum Gasteiger partial charge on any atom is 0.317 e. The molecule has 1 heterocycles. The monoisotopic (exact) mass is 212 g/mol. The van der Waals surface area contributed by atoms with Crippen LogP contribution in [0, 0.1) is 0 Å². The van der Waals surface area contributed by atoms with Crippen LogP contribution >= 0.6 is 0 Å². The zero-order chi connectivity index (χ0) is 11.5. The van der Waals surface area contributed by atoms with Crippen LogP contribution in [0.5, 0.6) is 0 Å². The summed E-state index contributed by atoms with van der Waals surface area (Å²) in [6, 6.07) is 0. The Morgan fingerprint density at radius 1 is 1.53 bits per heavy atom. The van der Waals surface area contributed by atoms with Crippen molar-refractivity contribution in [3.05, 3.63) is 18.2 Å². The quantitative estimate of drug-likeness (QED) is 0.663. The minimum atomic E-state index is -1.46. The highest BCUT2D eigenvalue weighted by atomic mass is 16.4. The molecule has 6 heteroatoms. The SMILES string of the molecule is CCC(CC(=O)O)(C(=O)O)c1ncc[nH]1. The van der Waals surface area contributed by atoms with Gasteiger partial charge in [0.2, 0.25) is 0 Å². The molecule has 0 amide bonds. The number of H-pyrrole nitrogens is 1. The van der Waals surface area contributed by atoms with Crippen LogP contribution in [-0.4, -0.2) is 32.1 Å². The fourth-order valence-electron chi connectivity index (χ4n) is 1.49. The van der Waals surface area contributed by atoms with E-state index >= 15 is 0 Å². The van der Waals surface area contributed by atoms with E-state index in [-0.39, 0.29) is 12.2 Å². The molecule has 0 saturated carbocycles. The van der Waals surface area contributed by atoms with E-state index in [4.69, 9.17) is 10.2 Å². The lowest BCUT2D eigenvalue weighted by Gasteiger charge is -2.23. The molecular weight excluding hydrogens is 200 g/mol. The number of imidazole rings is 1. The number of hydrogen-bond donors (Lipinski definition) is 3. The summed E-state index contributed by atoms with van der Waals surface area (Å²) >= 11 is 0. The van der Waals surface area contributed by atoms with Crippen molar-refractivity contribution in [2.24, 2.45) is 0 Å². The molecule has 0 saturated heterocycles. The number of aromatic amines is 1. The zero-order valence-corrected chi connectivity index (χ0v) is 8.23. The molecule has 0 aliphatic rings. The molecule has 1 rings (SSSR count). The van der Waals surface area contributed by atoms with E-state index in [1.807, 2.05) is 0 Å². The van der Waals surface area contributed by atoms with Crippen molar-refractivity contribution in [2.45, 2.75) is 25.2 Å². The molecule has 0 fully saturated rings. The molecule has 15 heavy (non-hydrogen) atoms. The highest BCUT2D eigenvalue weighted by molar-refractivity contribution is 5.86. The summed E-state index contributed by atoms with van der Waals surface area (Å²) in [6.45, 7) is 1.62. The molecule has 0 aromatic carbocycles. The third kappa shape index (κ3) is 1.98. The van der Waals surface area contributed by atoms with Crippen LogP contribution in [-0.2, 0) is 15.0 Å². The molecule has 0 spiro atoms. The number of rotatable bonds is 5. The maximum atomic E-state index is 11.2. The van der Waals surface area contributed by atoms with Gasteiger partial charge in [-0.05, 0) is 6.42 Å². The summed E-state index contributed by atoms with van der Waals surface area (Å²) in [4.78, 5) is 28.3. The third-order valence-corrected chi connectivity index (χ3v) is 2.42. The largest absolute Gasteiger partial charge is 0.481 e. The second kappa shape index (κ2) is 4.12. The minimum Gasteiger partial charge on any atom is -0.481 e. The van der Waals surface area contributed by atoms with Gasteiger partial charge in [0, 0.05) is 12.4 Å².